The number of carbonyl (C=O) groups excluding carboxylic acids is 3. The molecule has 264 valence electrons. The summed E-state index contributed by atoms with van der Waals surface area (Å²) in [5, 5.41) is 2.86. The third kappa shape index (κ3) is 9.39. The molecule has 0 saturated heterocycles. The van der Waals surface area contributed by atoms with Gasteiger partial charge in [0.2, 0.25) is 5.91 Å². The zero-order valence-corrected chi connectivity index (χ0v) is 29.8. The average Bonchev–Trinajstić information content (AvgIpc) is 3.14. The van der Waals surface area contributed by atoms with Crippen molar-refractivity contribution < 1.29 is 33.3 Å². The van der Waals surface area contributed by atoms with Gasteiger partial charge in [0, 0.05) is 35.5 Å². The molecule has 4 aromatic carbocycles. The molecule has 0 fully saturated rings. The van der Waals surface area contributed by atoms with Crippen LogP contribution in [0.25, 0.3) is 6.08 Å². The van der Waals surface area contributed by atoms with Gasteiger partial charge in [-0.2, -0.15) is 0 Å². The van der Waals surface area contributed by atoms with Gasteiger partial charge in [-0.1, -0.05) is 78.9 Å². The van der Waals surface area contributed by atoms with Crippen LogP contribution in [0.3, 0.4) is 0 Å². The van der Waals surface area contributed by atoms with Gasteiger partial charge in [0.25, 0.3) is 0 Å². The second-order valence-electron chi connectivity index (χ2n) is 12.0. The number of para-hydroxylation sites is 1. The van der Waals surface area contributed by atoms with Crippen molar-refractivity contribution in [2.75, 3.05) is 7.11 Å². The number of aryl methyl sites for hydroxylation is 4. The van der Waals surface area contributed by atoms with E-state index in [9.17, 15) is 14.4 Å². The molecule has 0 atom stereocenters. The molecule has 0 aliphatic rings. The maximum Gasteiger partial charge on any atom is 0.343 e. The number of benzene rings is 4. The van der Waals surface area contributed by atoms with Crippen LogP contribution in [0, 0.1) is 27.7 Å². The van der Waals surface area contributed by atoms with Crippen LogP contribution in [0.1, 0.15) is 59.8 Å². The van der Waals surface area contributed by atoms with Gasteiger partial charge in [0.05, 0.1) is 23.9 Å². The summed E-state index contributed by atoms with van der Waals surface area (Å²) < 4.78 is 23.2. The maximum absolute atomic E-state index is 13.3. The Bertz CT molecular complexity index is 2150. The largest absolute Gasteiger partial charge is 0.493 e. The monoisotopic (exact) mass is 696 g/mol. The van der Waals surface area contributed by atoms with Crippen LogP contribution in [-0.4, -0.2) is 29.9 Å². The Morgan fingerprint density at radius 3 is 2.13 bits per heavy atom. The molecule has 5 aromatic rings. The Hall–Kier alpha value is -6.48. The van der Waals surface area contributed by atoms with E-state index >= 15 is 0 Å². The lowest BCUT2D eigenvalue weighted by atomic mass is 10.1. The first kappa shape index (κ1) is 36.8. The first-order valence-corrected chi connectivity index (χ1v) is 16.7. The lowest BCUT2D eigenvalue weighted by Gasteiger charge is -2.17. The molecule has 1 aromatic heterocycles. The van der Waals surface area contributed by atoms with Gasteiger partial charge in [-0.25, -0.2) is 9.59 Å². The van der Waals surface area contributed by atoms with Crippen LogP contribution in [0.2, 0.25) is 0 Å². The molecule has 0 unspecified atom stereocenters. The Morgan fingerprint density at radius 2 is 1.42 bits per heavy atom. The molecule has 9 heteroatoms. The number of ether oxygens (including phenoxy) is 4. The van der Waals surface area contributed by atoms with E-state index < -0.39 is 17.8 Å². The number of carbonyl (C=O) groups is 3. The number of rotatable bonds is 13. The van der Waals surface area contributed by atoms with Crippen LogP contribution in [-0.2, 0) is 22.7 Å². The Balaban J connectivity index is 1.32. The zero-order valence-electron chi connectivity index (χ0n) is 29.8. The predicted octanol–water partition coefficient (Wildman–Crippen LogP) is 8.58. The fraction of sp³-hybridized carbons (Fsp3) is 0.163. The second kappa shape index (κ2) is 17.4. The first-order valence-electron chi connectivity index (χ1n) is 16.7. The van der Waals surface area contributed by atoms with Gasteiger partial charge in [-0.05, 0) is 74.7 Å². The first-order chi connectivity index (χ1) is 25.1. The summed E-state index contributed by atoms with van der Waals surface area (Å²) in [6, 6.07) is 27.4. The molecule has 1 heterocycles. The molecular weight excluding hydrogens is 656 g/mol. The standard InChI is InChI=1S/C43H40N2O7/c1-28-22-23-38(39(24-28)49-5)51-37-20-12-8-16-32(37)17-9-13-21-40(46)45-26-36-33(27-50-42(47)34-18-10-6-14-29(34)2)25-44-31(4)41(36)52-43(48)35-19-11-7-15-30(35)3/h6-25H,26-27H2,1-5H3,(H,45,46). The molecule has 0 bridgehead atoms. The Morgan fingerprint density at radius 1 is 0.750 bits per heavy atom. The lowest BCUT2D eigenvalue weighted by Crippen LogP contribution is -2.23. The van der Waals surface area contributed by atoms with Crippen LogP contribution in [0.15, 0.2) is 115 Å². The van der Waals surface area contributed by atoms with E-state index in [-0.39, 0.29) is 18.9 Å². The van der Waals surface area contributed by atoms with Crippen molar-refractivity contribution in [1.29, 1.82) is 0 Å². The number of allylic oxidation sites excluding steroid dienone is 2. The zero-order chi connectivity index (χ0) is 37.0. The van der Waals surface area contributed by atoms with Crippen molar-refractivity contribution in [3.63, 3.8) is 0 Å². The fourth-order valence-electron chi connectivity index (χ4n) is 5.33. The van der Waals surface area contributed by atoms with Crippen molar-refractivity contribution in [2.45, 2.75) is 40.8 Å². The molecule has 0 saturated carbocycles. The van der Waals surface area contributed by atoms with E-state index in [2.05, 4.69) is 10.3 Å². The SMILES string of the molecule is COc1cc(C)ccc1Oc1ccccc1C=CC=CC(=O)NCc1c(COC(=O)c2ccccc2C)cnc(C)c1OC(=O)c1ccccc1C. The summed E-state index contributed by atoms with van der Waals surface area (Å²) in [4.78, 5) is 43.7. The maximum atomic E-state index is 13.3. The van der Waals surface area contributed by atoms with Gasteiger partial charge in [-0.3, -0.25) is 9.78 Å². The van der Waals surface area contributed by atoms with Gasteiger partial charge < -0.3 is 24.3 Å². The Kier molecular flexibility index (Phi) is 12.3. The highest BCUT2D eigenvalue weighted by atomic mass is 16.5. The van der Waals surface area contributed by atoms with E-state index in [4.69, 9.17) is 18.9 Å². The van der Waals surface area contributed by atoms with Gasteiger partial charge in [-0.15, -0.1) is 0 Å². The summed E-state index contributed by atoms with van der Waals surface area (Å²) >= 11 is 0. The summed E-state index contributed by atoms with van der Waals surface area (Å²) in [6.07, 6.45) is 8.11. The number of hydrogen-bond donors (Lipinski definition) is 1. The van der Waals surface area contributed by atoms with Crippen molar-refractivity contribution in [2.24, 2.45) is 0 Å². The van der Waals surface area contributed by atoms with Crippen LogP contribution in [0.4, 0.5) is 0 Å². The molecule has 9 nitrogen and oxygen atoms in total. The van der Waals surface area contributed by atoms with Crippen molar-refractivity contribution in [3.05, 3.63) is 166 Å². The summed E-state index contributed by atoms with van der Waals surface area (Å²) in [5.41, 5.74) is 5.58. The third-order valence-electron chi connectivity index (χ3n) is 8.22. The molecule has 0 radical (unpaired) electrons. The summed E-state index contributed by atoms with van der Waals surface area (Å²) in [7, 11) is 1.60. The Labute approximate surface area is 303 Å². The highest BCUT2D eigenvalue weighted by Gasteiger charge is 2.21. The fourth-order valence-corrected chi connectivity index (χ4v) is 5.33. The topological polar surface area (TPSA) is 113 Å². The van der Waals surface area contributed by atoms with E-state index in [0.29, 0.717) is 45.2 Å². The number of pyridine rings is 1. The van der Waals surface area contributed by atoms with E-state index in [0.717, 1.165) is 22.3 Å². The lowest BCUT2D eigenvalue weighted by molar-refractivity contribution is -0.116. The average molecular weight is 697 g/mol. The minimum absolute atomic E-state index is 0.0288. The highest BCUT2D eigenvalue weighted by Crippen LogP contribution is 2.34. The number of amides is 1. The molecule has 0 aliphatic heterocycles. The van der Waals surface area contributed by atoms with Gasteiger partial charge >= 0.3 is 11.9 Å². The number of methoxy groups -OCH3 is 1. The molecule has 5 rings (SSSR count). The van der Waals surface area contributed by atoms with E-state index in [1.165, 1.54) is 6.08 Å². The molecule has 0 spiro atoms. The minimum atomic E-state index is -0.570. The van der Waals surface area contributed by atoms with Crippen LogP contribution in [0.5, 0.6) is 23.0 Å². The minimum Gasteiger partial charge on any atom is -0.493 e. The van der Waals surface area contributed by atoms with E-state index in [1.807, 2.05) is 93.6 Å². The molecule has 1 N–H and O–H groups in total. The van der Waals surface area contributed by atoms with E-state index in [1.54, 1.807) is 56.6 Å². The van der Waals surface area contributed by atoms with Crippen LogP contribution < -0.4 is 19.5 Å². The number of nitrogens with zero attached hydrogens (tertiary/aromatic N) is 1. The second-order valence-corrected chi connectivity index (χ2v) is 12.0. The molecule has 52 heavy (non-hydrogen) atoms. The number of nitrogens with one attached hydrogen (secondary N) is 1. The van der Waals surface area contributed by atoms with Crippen molar-refractivity contribution in [3.8, 4) is 23.0 Å². The summed E-state index contributed by atoms with van der Waals surface area (Å²) in [6.45, 7) is 7.14. The molecule has 1 amide bonds. The normalized spacial score (nSPS) is 11.0. The molecule has 0 aliphatic carbocycles. The van der Waals surface area contributed by atoms with Crippen molar-refractivity contribution >= 4 is 23.9 Å². The number of aromatic nitrogens is 1. The van der Waals surface area contributed by atoms with Crippen LogP contribution >= 0.6 is 0 Å². The smallest absolute Gasteiger partial charge is 0.343 e. The van der Waals surface area contributed by atoms with Gasteiger partial charge in [0.1, 0.15) is 12.4 Å². The number of hydrogen-bond acceptors (Lipinski definition) is 8. The highest BCUT2D eigenvalue weighted by molar-refractivity contribution is 5.93. The summed E-state index contributed by atoms with van der Waals surface area (Å²) in [5.74, 6) is 0.543. The van der Waals surface area contributed by atoms with Crippen molar-refractivity contribution in [1.82, 2.24) is 10.3 Å². The van der Waals surface area contributed by atoms with Gasteiger partial charge in [0.15, 0.2) is 17.2 Å². The quantitative estimate of drug-likeness (QED) is 0.0740. The molecular formula is C43H40N2O7. The number of esters is 2. The third-order valence-corrected chi connectivity index (χ3v) is 8.22. The predicted molar refractivity (Wildman–Crippen MR) is 200 cm³/mol.